The molecule has 3 aromatic rings. The average molecular weight is 449 g/mol. The molecule has 2 aliphatic carbocycles. The van der Waals surface area contributed by atoms with E-state index in [0.717, 1.165) is 57.9 Å². The fourth-order valence-electron chi connectivity index (χ4n) is 4.46. The second kappa shape index (κ2) is 7.27. The molecular weight excluding hydrogens is 424 g/mol. The lowest BCUT2D eigenvalue weighted by atomic mass is 10.1. The van der Waals surface area contributed by atoms with Crippen LogP contribution < -0.4 is 4.90 Å². The molecule has 0 radical (unpaired) electrons. The number of carbonyl (C=O) groups excluding carboxylic acids is 1. The highest BCUT2D eigenvalue weighted by molar-refractivity contribution is 7.20. The number of aryl methyl sites for hydroxylation is 2. The van der Waals surface area contributed by atoms with Crippen molar-refractivity contribution in [2.75, 3.05) is 31.1 Å². The second-order valence-electron chi connectivity index (χ2n) is 9.05. The molecule has 9 heteroatoms. The zero-order valence-corrected chi connectivity index (χ0v) is 19.0. The number of rotatable bonds is 4. The monoisotopic (exact) mass is 448 g/mol. The van der Waals surface area contributed by atoms with Crippen molar-refractivity contribution in [3.63, 3.8) is 0 Å². The zero-order chi connectivity index (χ0) is 22.0. The summed E-state index contributed by atoms with van der Waals surface area (Å²) in [5, 5.41) is 10.5. The van der Waals surface area contributed by atoms with Crippen LogP contribution in [0.5, 0.6) is 0 Å². The van der Waals surface area contributed by atoms with E-state index in [9.17, 15) is 10.1 Å². The van der Waals surface area contributed by atoms with Crippen molar-refractivity contribution in [3.8, 4) is 6.07 Å². The number of thiophene rings is 1. The Labute approximate surface area is 189 Å². The van der Waals surface area contributed by atoms with Gasteiger partial charge in [-0.05, 0) is 45.1 Å². The molecule has 3 fully saturated rings. The first-order valence-electron chi connectivity index (χ1n) is 11.3. The molecule has 0 N–H and O–H groups in total. The first kappa shape index (κ1) is 19.7. The molecular formula is C23H24N6O2S. The van der Waals surface area contributed by atoms with Crippen LogP contribution in [0.2, 0.25) is 0 Å². The Morgan fingerprint density at radius 2 is 1.78 bits per heavy atom. The normalized spacial score (nSPS) is 18.9. The SMILES string of the molecule is Cc1nc(C2CC2)nc2sc(C(=O)N3CCN(c4oc(C5CC5)nc4C#N)CC3)c(C)c12. The molecule has 0 atom stereocenters. The topological polar surface area (TPSA) is 99.2 Å². The summed E-state index contributed by atoms with van der Waals surface area (Å²) >= 11 is 1.49. The van der Waals surface area contributed by atoms with Gasteiger partial charge in [0.15, 0.2) is 0 Å². The Balaban J connectivity index is 1.21. The largest absolute Gasteiger partial charge is 0.423 e. The van der Waals surface area contributed by atoms with Crippen LogP contribution in [0.4, 0.5) is 5.88 Å². The minimum atomic E-state index is 0.0502. The van der Waals surface area contributed by atoms with Crippen molar-refractivity contribution >= 4 is 33.3 Å². The number of amides is 1. The Morgan fingerprint density at radius 1 is 1.06 bits per heavy atom. The van der Waals surface area contributed by atoms with Crippen molar-refractivity contribution in [1.29, 1.82) is 5.26 Å². The molecule has 8 nitrogen and oxygen atoms in total. The van der Waals surface area contributed by atoms with Crippen molar-refractivity contribution in [3.05, 3.63) is 33.5 Å². The highest BCUT2D eigenvalue weighted by Gasteiger charge is 2.34. The molecule has 0 unspecified atom stereocenters. The summed E-state index contributed by atoms with van der Waals surface area (Å²) < 4.78 is 5.93. The fourth-order valence-corrected chi connectivity index (χ4v) is 5.67. The smallest absolute Gasteiger partial charge is 0.264 e. The lowest BCUT2D eigenvalue weighted by Crippen LogP contribution is -2.48. The van der Waals surface area contributed by atoms with Gasteiger partial charge in [-0.15, -0.1) is 11.3 Å². The van der Waals surface area contributed by atoms with Crippen LogP contribution in [0, 0.1) is 25.2 Å². The lowest BCUT2D eigenvalue weighted by Gasteiger charge is -2.34. The first-order chi connectivity index (χ1) is 15.5. The predicted octanol–water partition coefficient (Wildman–Crippen LogP) is 3.89. The van der Waals surface area contributed by atoms with Crippen LogP contribution in [0.1, 0.15) is 75.9 Å². The number of aromatic nitrogens is 3. The van der Waals surface area contributed by atoms with Gasteiger partial charge in [-0.25, -0.2) is 15.0 Å². The molecule has 164 valence electrons. The third-order valence-electron chi connectivity index (χ3n) is 6.64. The summed E-state index contributed by atoms with van der Waals surface area (Å²) in [6.45, 7) is 6.41. The van der Waals surface area contributed by atoms with Gasteiger partial charge in [-0.3, -0.25) is 4.79 Å². The van der Waals surface area contributed by atoms with E-state index < -0.39 is 0 Å². The second-order valence-corrected chi connectivity index (χ2v) is 10.0. The predicted molar refractivity (Wildman–Crippen MR) is 120 cm³/mol. The van der Waals surface area contributed by atoms with Crippen LogP contribution in [-0.4, -0.2) is 51.9 Å². The summed E-state index contributed by atoms with van der Waals surface area (Å²) in [6, 6.07) is 2.16. The van der Waals surface area contributed by atoms with Crippen LogP contribution >= 0.6 is 11.3 Å². The molecule has 32 heavy (non-hydrogen) atoms. The molecule has 3 aliphatic rings. The Hall–Kier alpha value is -2.99. The van der Waals surface area contributed by atoms with Crippen LogP contribution in [-0.2, 0) is 0 Å². The third-order valence-corrected chi connectivity index (χ3v) is 7.81. The van der Waals surface area contributed by atoms with Crippen LogP contribution in [0.15, 0.2) is 4.42 Å². The number of nitriles is 1. The van der Waals surface area contributed by atoms with Gasteiger partial charge in [0.05, 0.1) is 10.6 Å². The summed E-state index contributed by atoms with van der Waals surface area (Å²) in [6.07, 6.45) is 4.47. The minimum absolute atomic E-state index is 0.0502. The van der Waals surface area contributed by atoms with Gasteiger partial charge in [0.1, 0.15) is 16.7 Å². The number of hydrogen-bond donors (Lipinski definition) is 0. The van der Waals surface area contributed by atoms with Gasteiger partial charge in [-0.2, -0.15) is 5.26 Å². The molecule has 4 heterocycles. The van der Waals surface area contributed by atoms with Crippen molar-refractivity contribution in [1.82, 2.24) is 19.9 Å². The van der Waals surface area contributed by atoms with E-state index in [1.165, 1.54) is 11.3 Å². The van der Waals surface area contributed by atoms with E-state index >= 15 is 0 Å². The van der Waals surface area contributed by atoms with Gasteiger partial charge < -0.3 is 14.2 Å². The lowest BCUT2D eigenvalue weighted by molar-refractivity contribution is 0.0749. The van der Waals surface area contributed by atoms with Crippen molar-refractivity contribution in [2.45, 2.75) is 51.4 Å². The number of carbonyl (C=O) groups is 1. The molecule has 6 rings (SSSR count). The number of fused-ring (bicyclic) bond motifs is 1. The van der Waals surface area contributed by atoms with E-state index in [0.29, 0.717) is 55.5 Å². The van der Waals surface area contributed by atoms with Gasteiger partial charge in [0, 0.05) is 43.4 Å². The molecule has 2 saturated carbocycles. The molecule has 0 spiro atoms. The first-order valence-corrected chi connectivity index (χ1v) is 12.1. The van der Waals surface area contributed by atoms with Gasteiger partial charge in [0.2, 0.25) is 17.5 Å². The standard InChI is InChI=1S/C23H24N6O2S/c1-12-17-13(2)25-19(14-3-4-14)27-21(17)32-18(12)22(30)28-7-9-29(10-8-28)23-16(11-24)26-20(31-23)15-5-6-15/h14-15H,3-10H2,1-2H3. The Kier molecular flexibility index (Phi) is 4.47. The molecule has 0 bridgehead atoms. The van der Waals surface area contributed by atoms with Crippen molar-refractivity contribution in [2.24, 2.45) is 0 Å². The summed E-state index contributed by atoms with van der Waals surface area (Å²) in [5.74, 6) is 3.06. The van der Waals surface area contributed by atoms with E-state index in [2.05, 4.69) is 11.1 Å². The average Bonchev–Trinajstić information content (AvgIpc) is 3.74. The maximum Gasteiger partial charge on any atom is 0.264 e. The molecule has 0 aromatic carbocycles. The number of oxazole rings is 1. The highest BCUT2D eigenvalue weighted by Crippen LogP contribution is 2.42. The van der Waals surface area contributed by atoms with E-state index in [-0.39, 0.29) is 5.91 Å². The summed E-state index contributed by atoms with van der Waals surface area (Å²) in [7, 11) is 0. The van der Waals surface area contributed by atoms with E-state index in [4.69, 9.17) is 14.4 Å². The quantitative estimate of drug-likeness (QED) is 0.597. The fraction of sp³-hybridized carbons (Fsp3) is 0.522. The summed E-state index contributed by atoms with van der Waals surface area (Å²) in [4.78, 5) is 32.9. The zero-order valence-electron chi connectivity index (χ0n) is 18.2. The number of piperazine rings is 1. The summed E-state index contributed by atoms with van der Waals surface area (Å²) in [5.41, 5.74) is 2.30. The third kappa shape index (κ3) is 3.25. The maximum atomic E-state index is 13.4. The number of hydrogen-bond acceptors (Lipinski definition) is 8. The van der Waals surface area contributed by atoms with E-state index in [1.54, 1.807) is 0 Å². The van der Waals surface area contributed by atoms with Gasteiger partial charge >= 0.3 is 0 Å². The minimum Gasteiger partial charge on any atom is -0.423 e. The molecule has 1 saturated heterocycles. The van der Waals surface area contributed by atoms with Gasteiger partial charge in [0.25, 0.3) is 5.91 Å². The molecule has 1 amide bonds. The van der Waals surface area contributed by atoms with Crippen molar-refractivity contribution < 1.29 is 9.21 Å². The van der Waals surface area contributed by atoms with E-state index in [1.807, 2.05) is 23.6 Å². The Morgan fingerprint density at radius 3 is 2.44 bits per heavy atom. The number of nitrogens with zero attached hydrogens (tertiary/aromatic N) is 6. The molecule has 1 aliphatic heterocycles. The van der Waals surface area contributed by atoms with Crippen LogP contribution in [0.25, 0.3) is 10.2 Å². The number of anilines is 1. The van der Waals surface area contributed by atoms with Crippen LogP contribution in [0.3, 0.4) is 0 Å². The highest BCUT2D eigenvalue weighted by atomic mass is 32.1. The Bertz CT molecular complexity index is 1270. The van der Waals surface area contributed by atoms with Gasteiger partial charge in [-0.1, -0.05) is 0 Å². The maximum absolute atomic E-state index is 13.4. The molecule has 3 aromatic heterocycles.